The number of hydrogen-bond donors (Lipinski definition) is 1. The first-order valence-corrected chi connectivity index (χ1v) is 4.72. The molecule has 1 aromatic carbocycles. The molecule has 1 atom stereocenters. The van der Waals surface area contributed by atoms with Gasteiger partial charge in [0.1, 0.15) is 0 Å². The average Bonchev–Trinajstić information content (AvgIpc) is 2.71. The molecule has 1 aliphatic rings. The van der Waals surface area contributed by atoms with Crippen molar-refractivity contribution in [1.29, 1.82) is 0 Å². The molecule has 1 aliphatic heterocycles. The van der Waals surface area contributed by atoms with Crippen LogP contribution in [0.5, 0.6) is 0 Å². The van der Waals surface area contributed by atoms with Crippen molar-refractivity contribution >= 4 is 5.97 Å². The van der Waals surface area contributed by atoms with Crippen LogP contribution < -0.4 is 0 Å². The number of aromatic carboxylic acids is 1. The number of carboxylic acids is 1. The molecule has 1 fully saturated rings. The van der Waals surface area contributed by atoms with Crippen LogP contribution in [-0.2, 0) is 4.74 Å². The van der Waals surface area contributed by atoms with Gasteiger partial charge in [0.2, 0.25) is 0 Å². The minimum atomic E-state index is -0.884. The van der Waals surface area contributed by atoms with E-state index in [4.69, 9.17) is 9.84 Å². The second-order valence-electron chi connectivity index (χ2n) is 3.43. The lowest BCUT2D eigenvalue weighted by Crippen LogP contribution is -2.00. The lowest BCUT2D eigenvalue weighted by Gasteiger charge is -2.09. The number of carbonyl (C=O) groups is 1. The maximum absolute atomic E-state index is 10.7. The van der Waals surface area contributed by atoms with Crippen molar-refractivity contribution in [2.24, 2.45) is 0 Å². The molecule has 0 aliphatic carbocycles. The quantitative estimate of drug-likeness (QED) is 0.781. The van der Waals surface area contributed by atoms with Crippen molar-refractivity contribution in [2.75, 3.05) is 6.61 Å². The van der Waals surface area contributed by atoms with Crippen LogP contribution in [0, 0.1) is 0 Å². The van der Waals surface area contributed by atoms with E-state index >= 15 is 0 Å². The summed E-state index contributed by atoms with van der Waals surface area (Å²) in [7, 11) is 0. The van der Waals surface area contributed by atoms with Gasteiger partial charge in [-0.3, -0.25) is 0 Å². The van der Waals surface area contributed by atoms with Crippen LogP contribution in [0.2, 0.25) is 0 Å². The molecule has 0 spiro atoms. The largest absolute Gasteiger partial charge is 0.478 e. The Morgan fingerprint density at radius 3 is 3.00 bits per heavy atom. The molecule has 74 valence electrons. The predicted octanol–water partition coefficient (Wildman–Crippen LogP) is 2.24. The van der Waals surface area contributed by atoms with Gasteiger partial charge < -0.3 is 9.84 Å². The standard InChI is InChI=1S/C11H12O3/c12-11(13)9-4-1-3-8(7-9)10-5-2-6-14-10/h1,3-4,7,10H,2,5-6H2,(H,12,13)/t10-/m1/s1. The van der Waals surface area contributed by atoms with Crippen molar-refractivity contribution in [1.82, 2.24) is 0 Å². The molecule has 0 saturated carbocycles. The maximum Gasteiger partial charge on any atom is 0.335 e. The molecule has 3 nitrogen and oxygen atoms in total. The summed E-state index contributed by atoms with van der Waals surface area (Å²) in [5.74, 6) is -0.884. The summed E-state index contributed by atoms with van der Waals surface area (Å²) < 4.78 is 5.48. The van der Waals surface area contributed by atoms with Crippen molar-refractivity contribution in [3.05, 3.63) is 35.4 Å². The van der Waals surface area contributed by atoms with E-state index < -0.39 is 5.97 Å². The van der Waals surface area contributed by atoms with E-state index in [1.54, 1.807) is 18.2 Å². The zero-order chi connectivity index (χ0) is 9.97. The number of carboxylic acid groups (broad SMARTS) is 1. The lowest BCUT2D eigenvalue weighted by atomic mass is 10.0. The molecule has 0 unspecified atom stereocenters. The molecule has 1 N–H and O–H groups in total. The van der Waals surface area contributed by atoms with E-state index in [2.05, 4.69) is 0 Å². The van der Waals surface area contributed by atoms with Crippen LogP contribution in [0.25, 0.3) is 0 Å². The third-order valence-electron chi connectivity index (χ3n) is 2.44. The third-order valence-corrected chi connectivity index (χ3v) is 2.44. The minimum Gasteiger partial charge on any atom is -0.478 e. The fourth-order valence-corrected chi connectivity index (χ4v) is 1.71. The molecule has 2 rings (SSSR count). The summed E-state index contributed by atoms with van der Waals surface area (Å²) in [4.78, 5) is 10.7. The Morgan fingerprint density at radius 2 is 2.36 bits per heavy atom. The summed E-state index contributed by atoms with van der Waals surface area (Å²) in [5, 5.41) is 8.81. The SMILES string of the molecule is O=C(O)c1cccc([C@H]2CCCO2)c1. The minimum absolute atomic E-state index is 0.0919. The molecule has 1 aromatic rings. The summed E-state index contributed by atoms with van der Waals surface area (Å²) in [6.07, 6.45) is 2.14. The first-order valence-electron chi connectivity index (χ1n) is 4.72. The van der Waals surface area contributed by atoms with Crippen LogP contribution in [-0.4, -0.2) is 17.7 Å². The molecule has 1 saturated heterocycles. The second kappa shape index (κ2) is 3.80. The number of rotatable bonds is 2. The summed E-state index contributed by atoms with van der Waals surface area (Å²) in [6, 6.07) is 6.97. The van der Waals surface area contributed by atoms with Crippen LogP contribution in [0.4, 0.5) is 0 Å². The van der Waals surface area contributed by atoms with Crippen molar-refractivity contribution in [3.8, 4) is 0 Å². The molecule has 14 heavy (non-hydrogen) atoms. The van der Waals surface area contributed by atoms with Gasteiger partial charge in [-0.25, -0.2) is 4.79 Å². The van der Waals surface area contributed by atoms with Gasteiger partial charge in [-0.1, -0.05) is 12.1 Å². The van der Waals surface area contributed by atoms with E-state index in [0.717, 1.165) is 25.0 Å². The maximum atomic E-state index is 10.7. The van der Waals surface area contributed by atoms with Crippen molar-refractivity contribution < 1.29 is 14.6 Å². The Morgan fingerprint density at radius 1 is 1.50 bits per heavy atom. The van der Waals surface area contributed by atoms with Crippen LogP contribution >= 0.6 is 0 Å². The number of hydrogen-bond acceptors (Lipinski definition) is 2. The first-order chi connectivity index (χ1) is 6.77. The molecular formula is C11H12O3. The van der Waals surface area contributed by atoms with E-state index in [9.17, 15) is 4.79 Å². The average molecular weight is 192 g/mol. The molecular weight excluding hydrogens is 180 g/mol. The Labute approximate surface area is 82.3 Å². The normalized spacial score (nSPS) is 21.0. The van der Waals surface area contributed by atoms with Gasteiger partial charge in [-0.15, -0.1) is 0 Å². The predicted molar refractivity (Wildman–Crippen MR) is 51.3 cm³/mol. The highest BCUT2D eigenvalue weighted by Gasteiger charge is 2.18. The van der Waals surface area contributed by atoms with Crippen LogP contribution in [0.1, 0.15) is 34.9 Å². The van der Waals surface area contributed by atoms with E-state index in [0.29, 0.717) is 5.56 Å². The zero-order valence-electron chi connectivity index (χ0n) is 7.77. The zero-order valence-corrected chi connectivity index (χ0v) is 7.77. The fraction of sp³-hybridized carbons (Fsp3) is 0.364. The van der Waals surface area contributed by atoms with E-state index in [1.807, 2.05) is 6.07 Å². The third kappa shape index (κ3) is 1.77. The van der Waals surface area contributed by atoms with Gasteiger partial charge in [-0.05, 0) is 30.5 Å². The molecule has 1 heterocycles. The van der Waals surface area contributed by atoms with Crippen molar-refractivity contribution in [3.63, 3.8) is 0 Å². The van der Waals surface area contributed by atoms with Gasteiger partial charge in [0, 0.05) is 6.61 Å². The van der Waals surface area contributed by atoms with Gasteiger partial charge in [-0.2, -0.15) is 0 Å². The summed E-state index contributed by atoms with van der Waals surface area (Å²) in [5.41, 5.74) is 1.31. The van der Waals surface area contributed by atoms with Crippen LogP contribution in [0.3, 0.4) is 0 Å². The summed E-state index contributed by atoms with van der Waals surface area (Å²) in [6.45, 7) is 0.780. The molecule has 0 radical (unpaired) electrons. The monoisotopic (exact) mass is 192 g/mol. The van der Waals surface area contributed by atoms with Gasteiger partial charge in [0.25, 0.3) is 0 Å². The molecule has 0 aromatic heterocycles. The fourth-order valence-electron chi connectivity index (χ4n) is 1.71. The highest BCUT2D eigenvalue weighted by Crippen LogP contribution is 2.28. The van der Waals surface area contributed by atoms with E-state index in [1.165, 1.54) is 0 Å². The summed E-state index contributed by atoms with van der Waals surface area (Å²) >= 11 is 0. The van der Waals surface area contributed by atoms with Gasteiger partial charge >= 0.3 is 5.97 Å². The van der Waals surface area contributed by atoms with E-state index in [-0.39, 0.29) is 6.10 Å². The highest BCUT2D eigenvalue weighted by atomic mass is 16.5. The highest BCUT2D eigenvalue weighted by molar-refractivity contribution is 5.87. The Bertz CT molecular complexity index is 340. The Hall–Kier alpha value is -1.35. The Kier molecular flexibility index (Phi) is 2.50. The second-order valence-corrected chi connectivity index (χ2v) is 3.43. The molecule has 0 bridgehead atoms. The number of ether oxygens (including phenoxy) is 1. The van der Waals surface area contributed by atoms with Crippen LogP contribution in [0.15, 0.2) is 24.3 Å². The van der Waals surface area contributed by atoms with Crippen molar-refractivity contribution in [2.45, 2.75) is 18.9 Å². The van der Waals surface area contributed by atoms with Gasteiger partial charge in [0.05, 0.1) is 11.7 Å². The number of benzene rings is 1. The topological polar surface area (TPSA) is 46.5 Å². The molecule has 3 heteroatoms. The first kappa shape index (κ1) is 9.21. The molecule has 0 amide bonds. The lowest BCUT2D eigenvalue weighted by molar-refractivity contribution is 0.0696. The smallest absolute Gasteiger partial charge is 0.335 e. The van der Waals surface area contributed by atoms with Gasteiger partial charge in [0.15, 0.2) is 0 Å². The Balaban J connectivity index is 2.25.